The fourth-order valence-electron chi connectivity index (χ4n) is 1.95. The second-order valence-electron chi connectivity index (χ2n) is 4.13. The van der Waals surface area contributed by atoms with E-state index in [1.54, 1.807) is 6.92 Å². The van der Waals surface area contributed by atoms with Gasteiger partial charge in [-0.1, -0.05) is 19.8 Å². The molecule has 2 N–H and O–H groups in total. The van der Waals surface area contributed by atoms with Gasteiger partial charge < -0.3 is 19.7 Å². The van der Waals surface area contributed by atoms with Gasteiger partial charge in [0.2, 0.25) is 0 Å². The van der Waals surface area contributed by atoms with Crippen LogP contribution < -0.4 is 0 Å². The van der Waals surface area contributed by atoms with Gasteiger partial charge in [0.1, 0.15) is 0 Å². The van der Waals surface area contributed by atoms with Crippen molar-refractivity contribution in [3.8, 4) is 0 Å². The van der Waals surface area contributed by atoms with E-state index in [0.29, 0.717) is 12.8 Å². The molecule has 0 aliphatic heterocycles. The first-order chi connectivity index (χ1) is 9.30. The minimum Gasteiger partial charge on any atom is -0.481 e. The molecule has 0 rings (SSSR count). The lowest BCUT2D eigenvalue weighted by Gasteiger charge is -2.29. The number of aliphatic carboxylic acids is 2. The Morgan fingerprint density at radius 1 is 1.05 bits per heavy atom. The average Bonchev–Trinajstić information content (AvgIpc) is 2.41. The van der Waals surface area contributed by atoms with E-state index in [1.807, 2.05) is 0 Å². The van der Waals surface area contributed by atoms with Gasteiger partial charge in [0, 0.05) is 0 Å². The zero-order valence-corrected chi connectivity index (χ0v) is 11.5. The third-order valence-electron chi connectivity index (χ3n) is 3.02. The summed E-state index contributed by atoms with van der Waals surface area (Å²) in [5, 5.41) is 18.5. The van der Waals surface area contributed by atoms with Crippen molar-refractivity contribution in [3.63, 3.8) is 0 Å². The first-order valence-corrected chi connectivity index (χ1v) is 5.93. The quantitative estimate of drug-likeness (QED) is 0.482. The van der Waals surface area contributed by atoms with Crippen LogP contribution in [0.5, 0.6) is 0 Å². The topological polar surface area (TPSA) is 127 Å². The number of ether oxygens (including phenoxy) is 2. The summed E-state index contributed by atoms with van der Waals surface area (Å²) in [6.07, 6.45) is 0.740. The summed E-state index contributed by atoms with van der Waals surface area (Å²) in [4.78, 5) is 46.4. The Bertz CT molecular complexity index is 384. The molecular formula is C12H18O8. The summed E-state index contributed by atoms with van der Waals surface area (Å²) in [6.45, 7) is 1.76. The molecule has 0 saturated carbocycles. The first-order valence-electron chi connectivity index (χ1n) is 5.93. The van der Waals surface area contributed by atoms with Gasteiger partial charge in [-0.25, -0.2) is 0 Å². The molecule has 0 aromatic rings. The summed E-state index contributed by atoms with van der Waals surface area (Å²) in [5.41, 5.74) is -2.90. The number of carbonyl (C=O) groups excluding carboxylic acids is 2. The molecule has 1 unspecified atom stereocenters. The van der Waals surface area contributed by atoms with Crippen molar-refractivity contribution in [2.45, 2.75) is 26.2 Å². The van der Waals surface area contributed by atoms with Gasteiger partial charge in [-0.2, -0.15) is 0 Å². The Labute approximate surface area is 115 Å². The fraction of sp³-hybridized carbons (Fsp3) is 0.667. The van der Waals surface area contributed by atoms with Crippen molar-refractivity contribution < 1.29 is 38.9 Å². The SMILES string of the molecule is CCCCC(C(=O)O)C(C(=O)O)(C(=O)OC)C(=O)OC. The Morgan fingerprint density at radius 3 is 1.75 bits per heavy atom. The van der Waals surface area contributed by atoms with Gasteiger partial charge in [0.25, 0.3) is 5.41 Å². The summed E-state index contributed by atoms with van der Waals surface area (Å²) >= 11 is 0. The van der Waals surface area contributed by atoms with Crippen LogP contribution in [-0.2, 0) is 28.7 Å². The maximum atomic E-state index is 11.8. The summed E-state index contributed by atoms with van der Waals surface area (Å²) in [7, 11) is 1.75. The molecule has 0 amide bonds. The van der Waals surface area contributed by atoms with Crippen LogP contribution in [0.25, 0.3) is 0 Å². The highest BCUT2D eigenvalue weighted by atomic mass is 16.6. The van der Waals surface area contributed by atoms with E-state index >= 15 is 0 Å². The van der Waals surface area contributed by atoms with Crippen molar-refractivity contribution >= 4 is 23.9 Å². The van der Waals surface area contributed by atoms with E-state index < -0.39 is 35.2 Å². The summed E-state index contributed by atoms with van der Waals surface area (Å²) < 4.78 is 8.65. The van der Waals surface area contributed by atoms with Crippen molar-refractivity contribution in [2.24, 2.45) is 11.3 Å². The molecule has 8 nitrogen and oxygen atoms in total. The Balaban J connectivity index is 6.02. The average molecular weight is 290 g/mol. The number of methoxy groups -OCH3 is 2. The van der Waals surface area contributed by atoms with Crippen molar-refractivity contribution in [1.29, 1.82) is 0 Å². The second-order valence-corrected chi connectivity index (χ2v) is 4.13. The number of rotatable bonds is 8. The maximum Gasteiger partial charge on any atom is 0.335 e. The number of unbranched alkanes of at least 4 members (excludes halogenated alkanes) is 1. The van der Waals surface area contributed by atoms with Crippen LogP contribution in [0, 0.1) is 11.3 Å². The minimum atomic E-state index is -2.90. The lowest BCUT2D eigenvalue weighted by molar-refractivity contribution is -0.189. The predicted octanol–water partition coefficient (Wildman–Crippen LogP) is 0.294. The molecule has 8 heteroatoms. The lowest BCUT2D eigenvalue weighted by Crippen LogP contribution is -2.55. The molecule has 0 bridgehead atoms. The highest BCUT2D eigenvalue weighted by Crippen LogP contribution is 2.35. The maximum absolute atomic E-state index is 11.8. The molecule has 0 aliphatic rings. The number of esters is 2. The Hall–Kier alpha value is -2.12. The Kier molecular flexibility index (Phi) is 6.67. The van der Waals surface area contributed by atoms with Gasteiger partial charge in [-0.15, -0.1) is 0 Å². The number of carboxylic acids is 2. The summed E-state index contributed by atoms with van der Waals surface area (Å²) in [5.74, 6) is -8.16. The number of hydrogen-bond acceptors (Lipinski definition) is 6. The molecule has 0 aromatic heterocycles. The monoisotopic (exact) mass is 290 g/mol. The highest BCUT2D eigenvalue weighted by molar-refractivity contribution is 6.19. The Morgan fingerprint density at radius 2 is 1.50 bits per heavy atom. The van der Waals surface area contributed by atoms with Crippen molar-refractivity contribution in [3.05, 3.63) is 0 Å². The van der Waals surface area contributed by atoms with Gasteiger partial charge in [0.15, 0.2) is 0 Å². The number of hydrogen-bond donors (Lipinski definition) is 2. The third-order valence-corrected chi connectivity index (χ3v) is 3.02. The first kappa shape index (κ1) is 17.9. The minimum absolute atomic E-state index is 0.164. The molecular weight excluding hydrogens is 272 g/mol. The zero-order valence-electron chi connectivity index (χ0n) is 11.5. The standard InChI is InChI=1S/C12H18O8/c1-4-5-6-7(8(13)14)12(9(15)16,10(17)19-2)11(18)20-3/h7H,4-6H2,1-3H3,(H,13,14)(H,15,16). The van der Waals surface area contributed by atoms with Gasteiger partial charge in [-0.3, -0.25) is 19.2 Å². The molecule has 0 heterocycles. The van der Waals surface area contributed by atoms with Crippen molar-refractivity contribution in [2.75, 3.05) is 14.2 Å². The molecule has 20 heavy (non-hydrogen) atoms. The predicted molar refractivity (Wildman–Crippen MR) is 64.8 cm³/mol. The van der Waals surface area contributed by atoms with E-state index in [4.69, 9.17) is 0 Å². The lowest BCUT2D eigenvalue weighted by atomic mass is 9.72. The van der Waals surface area contributed by atoms with Crippen LogP contribution in [0.4, 0.5) is 0 Å². The van der Waals surface area contributed by atoms with Crippen LogP contribution in [0.3, 0.4) is 0 Å². The van der Waals surface area contributed by atoms with Crippen LogP contribution in [0.2, 0.25) is 0 Å². The van der Waals surface area contributed by atoms with Crippen LogP contribution in [0.15, 0.2) is 0 Å². The van der Waals surface area contributed by atoms with Crippen LogP contribution in [0.1, 0.15) is 26.2 Å². The molecule has 0 aromatic carbocycles. The number of carboxylic acid groups (broad SMARTS) is 2. The third kappa shape index (κ3) is 3.06. The van der Waals surface area contributed by atoms with Gasteiger partial charge in [-0.05, 0) is 6.42 Å². The second kappa shape index (κ2) is 7.46. The zero-order chi connectivity index (χ0) is 15.9. The normalized spacial score (nSPS) is 12.3. The number of carbonyl (C=O) groups is 4. The summed E-state index contributed by atoms with van der Waals surface area (Å²) in [6, 6.07) is 0. The molecule has 114 valence electrons. The van der Waals surface area contributed by atoms with Crippen LogP contribution in [-0.4, -0.2) is 48.3 Å². The van der Waals surface area contributed by atoms with E-state index in [9.17, 15) is 29.4 Å². The van der Waals surface area contributed by atoms with E-state index in [0.717, 1.165) is 14.2 Å². The fourth-order valence-corrected chi connectivity index (χ4v) is 1.95. The van der Waals surface area contributed by atoms with E-state index in [2.05, 4.69) is 9.47 Å². The molecule has 0 radical (unpaired) electrons. The molecule has 0 saturated heterocycles. The van der Waals surface area contributed by atoms with Crippen molar-refractivity contribution in [1.82, 2.24) is 0 Å². The molecule has 0 fully saturated rings. The van der Waals surface area contributed by atoms with Gasteiger partial charge in [0.05, 0.1) is 20.1 Å². The molecule has 0 spiro atoms. The van der Waals surface area contributed by atoms with E-state index in [-0.39, 0.29) is 6.42 Å². The van der Waals surface area contributed by atoms with E-state index in [1.165, 1.54) is 0 Å². The largest absolute Gasteiger partial charge is 0.481 e. The molecule has 1 atom stereocenters. The smallest absolute Gasteiger partial charge is 0.335 e. The highest BCUT2D eigenvalue weighted by Gasteiger charge is 2.63. The van der Waals surface area contributed by atoms with Gasteiger partial charge >= 0.3 is 23.9 Å². The van der Waals surface area contributed by atoms with Crippen LogP contribution >= 0.6 is 0 Å². The molecule has 0 aliphatic carbocycles.